The van der Waals surface area contributed by atoms with Crippen LogP contribution in [0.3, 0.4) is 0 Å². The van der Waals surface area contributed by atoms with Crippen LogP contribution < -0.4 is 5.32 Å². The molecule has 0 fully saturated rings. The van der Waals surface area contributed by atoms with Crippen LogP contribution in [-0.4, -0.2) is 51.8 Å². The van der Waals surface area contributed by atoms with Crippen LogP contribution in [0, 0.1) is 0 Å². The van der Waals surface area contributed by atoms with Crippen molar-refractivity contribution in [1.82, 2.24) is 10.2 Å². The summed E-state index contributed by atoms with van der Waals surface area (Å²) in [4.78, 5) is 24.0. The van der Waals surface area contributed by atoms with Crippen LogP contribution in [0.25, 0.3) is 0 Å². The van der Waals surface area contributed by atoms with Gasteiger partial charge in [0.2, 0.25) is 0 Å². The first-order valence-electron chi connectivity index (χ1n) is 5.26. The molecule has 2 amide bonds. The largest absolute Gasteiger partial charge is 0.480 e. The zero-order chi connectivity index (χ0) is 13.6. The Balaban J connectivity index is 4.74. The fourth-order valence-electron chi connectivity index (χ4n) is 1.20. The highest BCUT2D eigenvalue weighted by molar-refractivity contribution is 5.83. The average Bonchev–Trinajstić information content (AvgIpc) is 2.19. The molecule has 6 heteroatoms. The quantitative estimate of drug-likeness (QED) is 0.612. The predicted molar refractivity (Wildman–Crippen MR) is 63.7 cm³/mol. The molecule has 6 nitrogen and oxygen atoms in total. The molecule has 0 aromatic rings. The third-order valence-corrected chi connectivity index (χ3v) is 2.14. The van der Waals surface area contributed by atoms with E-state index in [4.69, 9.17) is 10.2 Å². The number of rotatable bonds is 5. The van der Waals surface area contributed by atoms with E-state index in [1.165, 1.54) is 4.90 Å². The Morgan fingerprint density at radius 3 is 2.29 bits per heavy atom. The number of nitrogens with one attached hydrogen (secondary N) is 1. The Bertz CT molecular complexity index is 296. The number of urea groups is 1. The van der Waals surface area contributed by atoms with Gasteiger partial charge in [-0.15, -0.1) is 6.58 Å². The molecule has 17 heavy (non-hydrogen) atoms. The van der Waals surface area contributed by atoms with Crippen molar-refractivity contribution in [3.05, 3.63) is 12.7 Å². The van der Waals surface area contributed by atoms with Crippen LogP contribution in [-0.2, 0) is 4.79 Å². The molecule has 0 saturated carbocycles. The van der Waals surface area contributed by atoms with Crippen molar-refractivity contribution in [3.63, 3.8) is 0 Å². The van der Waals surface area contributed by atoms with Gasteiger partial charge in [-0.05, 0) is 20.8 Å². The minimum atomic E-state index is -1.29. The van der Waals surface area contributed by atoms with E-state index in [0.717, 1.165) is 0 Å². The summed E-state index contributed by atoms with van der Waals surface area (Å²) < 4.78 is 0. The molecular weight excluding hydrogens is 224 g/mol. The summed E-state index contributed by atoms with van der Waals surface area (Å²) in [6, 6.07) is -1.84. The third-order valence-electron chi connectivity index (χ3n) is 2.14. The Morgan fingerprint density at radius 1 is 1.47 bits per heavy atom. The van der Waals surface area contributed by atoms with E-state index in [0.29, 0.717) is 6.54 Å². The molecular formula is C11H20N2O4. The van der Waals surface area contributed by atoms with E-state index in [1.54, 1.807) is 6.08 Å². The van der Waals surface area contributed by atoms with Crippen molar-refractivity contribution in [2.75, 3.05) is 13.2 Å². The Labute approximate surface area is 101 Å². The lowest BCUT2D eigenvalue weighted by molar-refractivity contribution is -0.140. The van der Waals surface area contributed by atoms with E-state index < -0.39 is 30.2 Å². The summed E-state index contributed by atoms with van der Waals surface area (Å²) in [5.74, 6) is -1.27. The zero-order valence-corrected chi connectivity index (χ0v) is 10.4. The summed E-state index contributed by atoms with van der Waals surface area (Å²) in [5.41, 5.74) is -0.462. The highest BCUT2D eigenvalue weighted by Gasteiger charge is 2.28. The van der Waals surface area contributed by atoms with Gasteiger partial charge >= 0.3 is 12.0 Å². The minimum absolute atomic E-state index is 0.299. The van der Waals surface area contributed by atoms with E-state index in [-0.39, 0.29) is 0 Å². The maximum Gasteiger partial charge on any atom is 0.328 e. The fourth-order valence-corrected chi connectivity index (χ4v) is 1.20. The number of carboxylic acids is 1. The number of aliphatic hydroxyl groups is 1. The number of hydrogen-bond acceptors (Lipinski definition) is 3. The third kappa shape index (κ3) is 4.86. The molecule has 0 heterocycles. The fraction of sp³-hybridized carbons (Fsp3) is 0.636. The smallest absolute Gasteiger partial charge is 0.328 e. The second-order valence-electron chi connectivity index (χ2n) is 4.59. The molecule has 0 bridgehead atoms. The van der Waals surface area contributed by atoms with Crippen LogP contribution in [0.4, 0.5) is 4.79 Å². The maximum absolute atomic E-state index is 11.8. The monoisotopic (exact) mass is 244 g/mol. The van der Waals surface area contributed by atoms with E-state index in [2.05, 4.69) is 11.9 Å². The molecule has 98 valence electrons. The number of carbonyl (C=O) groups is 2. The molecule has 1 atom stereocenters. The van der Waals surface area contributed by atoms with Crippen LogP contribution in [0.5, 0.6) is 0 Å². The van der Waals surface area contributed by atoms with Gasteiger partial charge in [-0.3, -0.25) is 0 Å². The van der Waals surface area contributed by atoms with Gasteiger partial charge < -0.3 is 20.4 Å². The van der Waals surface area contributed by atoms with Gasteiger partial charge in [0.25, 0.3) is 0 Å². The molecule has 0 aliphatic rings. The lowest BCUT2D eigenvalue weighted by Gasteiger charge is -2.35. The first-order chi connectivity index (χ1) is 7.73. The number of aliphatic carboxylic acids is 1. The molecule has 3 N–H and O–H groups in total. The Hall–Kier alpha value is -1.56. The molecule has 0 aromatic heterocycles. The normalized spacial score (nSPS) is 12.7. The van der Waals surface area contributed by atoms with Crippen molar-refractivity contribution in [2.24, 2.45) is 0 Å². The second-order valence-corrected chi connectivity index (χ2v) is 4.59. The molecule has 0 unspecified atom stereocenters. The topological polar surface area (TPSA) is 89.9 Å². The van der Waals surface area contributed by atoms with Crippen LogP contribution in [0.15, 0.2) is 12.7 Å². The molecule has 0 spiro atoms. The summed E-state index contributed by atoms with van der Waals surface area (Å²) in [7, 11) is 0. The predicted octanol–water partition coefficient (Wildman–Crippen LogP) is 0.428. The number of nitrogens with zero attached hydrogens (tertiary/aromatic N) is 1. The van der Waals surface area contributed by atoms with E-state index >= 15 is 0 Å². The van der Waals surface area contributed by atoms with Gasteiger partial charge in [0.1, 0.15) is 0 Å². The number of aliphatic hydroxyl groups excluding tert-OH is 1. The van der Waals surface area contributed by atoms with Gasteiger partial charge in [-0.25, -0.2) is 9.59 Å². The van der Waals surface area contributed by atoms with Gasteiger partial charge in [0, 0.05) is 12.1 Å². The van der Waals surface area contributed by atoms with Gasteiger partial charge in [-0.2, -0.15) is 0 Å². The Morgan fingerprint density at radius 2 is 2.00 bits per heavy atom. The van der Waals surface area contributed by atoms with Crippen LogP contribution in [0.2, 0.25) is 0 Å². The van der Waals surface area contributed by atoms with Gasteiger partial charge in [0.15, 0.2) is 6.04 Å². The maximum atomic E-state index is 11.8. The van der Waals surface area contributed by atoms with Gasteiger partial charge in [0.05, 0.1) is 6.61 Å². The first kappa shape index (κ1) is 15.4. The molecule has 0 aliphatic carbocycles. The molecule has 0 rings (SSSR count). The first-order valence-corrected chi connectivity index (χ1v) is 5.26. The number of carboxylic acid groups (broad SMARTS) is 1. The zero-order valence-electron chi connectivity index (χ0n) is 10.4. The molecule has 0 radical (unpaired) electrons. The van der Waals surface area contributed by atoms with Crippen molar-refractivity contribution < 1.29 is 19.8 Å². The molecule has 0 aliphatic heterocycles. The van der Waals surface area contributed by atoms with Crippen LogP contribution in [0.1, 0.15) is 20.8 Å². The second kappa shape index (κ2) is 6.24. The number of carbonyl (C=O) groups excluding carboxylic acids is 1. The van der Waals surface area contributed by atoms with Crippen molar-refractivity contribution in [1.29, 1.82) is 0 Å². The lowest BCUT2D eigenvalue weighted by atomic mass is 10.1. The van der Waals surface area contributed by atoms with Crippen molar-refractivity contribution in [2.45, 2.75) is 32.4 Å². The minimum Gasteiger partial charge on any atom is -0.480 e. The number of amides is 2. The summed E-state index contributed by atoms with van der Waals surface area (Å²) in [5, 5.41) is 19.8. The van der Waals surface area contributed by atoms with Crippen molar-refractivity contribution >= 4 is 12.0 Å². The highest BCUT2D eigenvalue weighted by atomic mass is 16.4. The summed E-state index contributed by atoms with van der Waals surface area (Å²) in [6.07, 6.45) is 1.56. The summed E-state index contributed by atoms with van der Waals surface area (Å²) >= 11 is 0. The number of hydrogen-bond donors (Lipinski definition) is 3. The van der Waals surface area contributed by atoms with Crippen molar-refractivity contribution in [3.8, 4) is 0 Å². The standard InChI is InChI=1S/C11H20N2O4/c1-5-6-13(11(2,3)4)10(17)12-8(7-14)9(15)16/h5,8,14H,1,6-7H2,2-4H3,(H,12,17)(H,15,16)/t8-/m0/s1. The van der Waals surface area contributed by atoms with Crippen LogP contribution >= 0.6 is 0 Å². The lowest BCUT2D eigenvalue weighted by Crippen LogP contribution is -2.55. The average molecular weight is 244 g/mol. The van der Waals surface area contributed by atoms with Gasteiger partial charge in [-0.1, -0.05) is 6.08 Å². The molecule has 0 aromatic carbocycles. The Kier molecular flexibility index (Phi) is 5.67. The van der Waals surface area contributed by atoms with E-state index in [9.17, 15) is 9.59 Å². The summed E-state index contributed by atoms with van der Waals surface area (Å²) in [6.45, 7) is 8.67. The van der Waals surface area contributed by atoms with E-state index in [1.807, 2.05) is 20.8 Å². The molecule has 0 saturated heterocycles. The highest BCUT2D eigenvalue weighted by Crippen LogP contribution is 2.13. The SMILES string of the molecule is C=CCN(C(=O)N[C@@H](CO)C(=O)O)C(C)(C)C.